The lowest BCUT2D eigenvalue weighted by Gasteiger charge is -2.03. The van der Waals surface area contributed by atoms with Gasteiger partial charge in [0.05, 0.1) is 16.8 Å². The van der Waals surface area contributed by atoms with Gasteiger partial charge in [-0.05, 0) is 31.0 Å². The van der Waals surface area contributed by atoms with Crippen molar-refractivity contribution >= 4 is 34.9 Å². The first-order valence-electron chi connectivity index (χ1n) is 7.99. The van der Waals surface area contributed by atoms with Crippen molar-refractivity contribution in [2.75, 3.05) is 7.05 Å². The molecule has 134 valence electrons. The van der Waals surface area contributed by atoms with E-state index in [-0.39, 0.29) is 0 Å². The fourth-order valence-electron chi connectivity index (χ4n) is 2.52. The first-order chi connectivity index (χ1) is 13.3. The number of thiazole rings is 1. The molecule has 0 aliphatic heterocycles. The Morgan fingerprint density at radius 2 is 2.07 bits per heavy atom. The summed E-state index contributed by atoms with van der Waals surface area (Å²) in [6, 6.07) is 7.74. The van der Waals surface area contributed by atoms with Gasteiger partial charge >= 0.3 is 0 Å². The maximum atomic E-state index is 5.55. The third-order valence-electron chi connectivity index (χ3n) is 3.68. The van der Waals surface area contributed by atoms with Crippen molar-refractivity contribution in [2.45, 2.75) is 0 Å². The first kappa shape index (κ1) is 18.3. The van der Waals surface area contributed by atoms with Crippen LogP contribution in [0.5, 0.6) is 0 Å². The highest BCUT2D eigenvalue weighted by molar-refractivity contribution is 7.18. The van der Waals surface area contributed by atoms with E-state index in [4.69, 9.17) is 4.42 Å². The van der Waals surface area contributed by atoms with Gasteiger partial charge in [-0.2, -0.15) is 0 Å². The molecule has 4 aromatic heterocycles. The maximum absolute atomic E-state index is 5.55. The minimum Gasteiger partial charge on any atom is -0.462 e. The van der Waals surface area contributed by atoms with Crippen molar-refractivity contribution < 1.29 is 4.42 Å². The number of hydrogen-bond acceptors (Lipinski definition) is 6. The molecule has 0 saturated heterocycles. The highest BCUT2D eigenvalue weighted by Gasteiger charge is 2.16. The number of furan rings is 1. The van der Waals surface area contributed by atoms with Gasteiger partial charge < -0.3 is 4.42 Å². The van der Waals surface area contributed by atoms with E-state index in [1.165, 1.54) is 0 Å². The molecule has 0 fully saturated rings. The molecule has 7 heteroatoms. The molecule has 0 saturated carbocycles. The van der Waals surface area contributed by atoms with Gasteiger partial charge in [-0.15, -0.1) is 24.5 Å². The number of hydrogen-bond donors (Lipinski definition) is 0. The predicted octanol–water partition coefficient (Wildman–Crippen LogP) is 4.89. The highest BCUT2D eigenvalue weighted by Crippen LogP contribution is 2.33. The van der Waals surface area contributed by atoms with Crippen molar-refractivity contribution in [3.05, 3.63) is 68.0 Å². The molecule has 0 unspecified atom stereocenters. The van der Waals surface area contributed by atoms with Crippen LogP contribution in [0.25, 0.3) is 32.1 Å². The normalized spacial score (nSPS) is 11.1. The van der Waals surface area contributed by atoms with Crippen LogP contribution in [0, 0.1) is 0 Å². The van der Waals surface area contributed by atoms with Crippen LogP contribution in [0.4, 0.5) is 0 Å². The van der Waals surface area contributed by atoms with E-state index in [9.17, 15) is 0 Å². The number of rotatable bonds is 3. The molecule has 0 aliphatic carbocycles. The number of amidine groups is 1. The van der Waals surface area contributed by atoms with E-state index in [0.29, 0.717) is 17.1 Å². The average Bonchev–Trinajstić information content (AvgIpc) is 3.40. The Kier molecular flexibility index (Phi) is 5.63. The topological polar surface area (TPSA) is 76.5 Å². The largest absolute Gasteiger partial charge is 0.462 e. The lowest BCUT2D eigenvalue weighted by Crippen LogP contribution is -2.01. The smallest absolute Gasteiger partial charge is 0.176 e. The van der Waals surface area contributed by atoms with Crippen LogP contribution in [0.15, 0.2) is 76.7 Å². The molecule has 0 spiro atoms. The second-order valence-electron chi connectivity index (χ2n) is 5.17. The van der Waals surface area contributed by atoms with Crippen LogP contribution >= 0.6 is 11.3 Å². The summed E-state index contributed by atoms with van der Waals surface area (Å²) in [6.07, 6.45) is 6.98. The molecule has 0 aliphatic rings. The molecule has 0 amide bonds. The summed E-state index contributed by atoms with van der Waals surface area (Å²) in [5.74, 6) is 0.443. The lowest BCUT2D eigenvalue weighted by molar-refractivity contribution is 0.613. The van der Waals surface area contributed by atoms with Gasteiger partial charge in [0.2, 0.25) is 0 Å². The summed E-state index contributed by atoms with van der Waals surface area (Å²) in [5.41, 5.74) is 2.99. The van der Waals surface area contributed by atoms with Gasteiger partial charge in [-0.1, -0.05) is 0 Å². The fourth-order valence-corrected chi connectivity index (χ4v) is 3.39. The molecule has 0 radical (unpaired) electrons. The maximum Gasteiger partial charge on any atom is 0.176 e. The number of aromatic nitrogens is 3. The van der Waals surface area contributed by atoms with E-state index in [0.717, 1.165) is 26.5 Å². The van der Waals surface area contributed by atoms with Gasteiger partial charge in [0, 0.05) is 36.6 Å². The van der Waals surface area contributed by atoms with Gasteiger partial charge in [0.15, 0.2) is 17.1 Å². The monoisotopic (exact) mass is 375 g/mol. The van der Waals surface area contributed by atoms with Crippen LogP contribution in [0.3, 0.4) is 0 Å². The van der Waals surface area contributed by atoms with Gasteiger partial charge in [-0.3, -0.25) is 9.98 Å². The Morgan fingerprint density at radius 3 is 2.78 bits per heavy atom. The Hall–Kier alpha value is -3.45. The van der Waals surface area contributed by atoms with Crippen LogP contribution in [-0.2, 0) is 0 Å². The van der Waals surface area contributed by atoms with E-state index in [1.807, 2.05) is 30.5 Å². The van der Waals surface area contributed by atoms with Crippen LogP contribution < -0.4 is 0 Å². The number of pyridine rings is 2. The van der Waals surface area contributed by atoms with Crippen molar-refractivity contribution in [1.29, 1.82) is 0 Å². The summed E-state index contributed by atoms with van der Waals surface area (Å²) in [4.78, 5) is 22.4. The van der Waals surface area contributed by atoms with Crippen LogP contribution in [-0.4, -0.2) is 34.6 Å². The fraction of sp³-hybridized carbons (Fsp3) is 0.0500. The second-order valence-corrected chi connectivity index (χ2v) is 6.20. The van der Waals surface area contributed by atoms with Crippen molar-refractivity contribution in [2.24, 2.45) is 9.98 Å². The molecular formula is C20H17N5OS. The summed E-state index contributed by atoms with van der Waals surface area (Å²) < 4.78 is 5.55. The zero-order chi connectivity index (χ0) is 19.2. The molecule has 6 nitrogen and oxygen atoms in total. The molecular weight excluding hydrogens is 358 g/mol. The molecule has 0 atom stereocenters. The standard InChI is InChI=1S/C18H13N5OS.C2H4/c1-19-17(20-2)15-16-11(5-7-24-16)8-13(23-15)14-10-22-18(25-14)12-4-3-6-21-9-12;1-2/h3-10H,1H2,2H3;1-2H2. The summed E-state index contributed by atoms with van der Waals surface area (Å²) in [7, 11) is 1.65. The third-order valence-corrected chi connectivity index (χ3v) is 4.74. The van der Waals surface area contributed by atoms with E-state index in [2.05, 4.69) is 44.8 Å². The lowest BCUT2D eigenvalue weighted by atomic mass is 10.2. The number of aliphatic imine (C=N–C) groups is 2. The minimum atomic E-state index is 0.443. The highest BCUT2D eigenvalue weighted by atomic mass is 32.1. The number of nitrogens with zero attached hydrogens (tertiary/aromatic N) is 5. The van der Waals surface area contributed by atoms with Gasteiger partial charge in [0.25, 0.3) is 0 Å². The molecule has 27 heavy (non-hydrogen) atoms. The second kappa shape index (κ2) is 8.29. The Balaban J connectivity index is 0.00000102. The van der Waals surface area contributed by atoms with Crippen molar-refractivity contribution in [3.63, 3.8) is 0 Å². The van der Waals surface area contributed by atoms with Crippen molar-refractivity contribution in [3.8, 4) is 21.1 Å². The van der Waals surface area contributed by atoms with Crippen LogP contribution in [0.1, 0.15) is 5.69 Å². The quantitative estimate of drug-likeness (QED) is 0.290. The van der Waals surface area contributed by atoms with Gasteiger partial charge in [-0.25, -0.2) is 15.0 Å². The minimum absolute atomic E-state index is 0.443. The summed E-state index contributed by atoms with van der Waals surface area (Å²) >= 11 is 1.56. The Morgan fingerprint density at radius 1 is 1.22 bits per heavy atom. The Labute approximate surface area is 160 Å². The zero-order valence-corrected chi connectivity index (χ0v) is 15.6. The Bertz CT molecular complexity index is 1100. The predicted molar refractivity (Wildman–Crippen MR) is 112 cm³/mol. The average molecular weight is 375 g/mol. The van der Waals surface area contributed by atoms with E-state index < -0.39 is 0 Å². The van der Waals surface area contributed by atoms with Gasteiger partial charge in [0.1, 0.15) is 5.01 Å². The molecule has 4 heterocycles. The first-order valence-corrected chi connectivity index (χ1v) is 8.80. The van der Waals surface area contributed by atoms with E-state index >= 15 is 0 Å². The SMILES string of the molecule is C=C.C=NC(=NC)c1nc(-c2cnc(-c3cccnc3)s2)cc2ccoc12. The molecule has 0 bridgehead atoms. The summed E-state index contributed by atoms with van der Waals surface area (Å²) in [6.45, 7) is 9.57. The molecule has 4 aromatic rings. The molecule has 4 rings (SSSR count). The van der Waals surface area contributed by atoms with Crippen LogP contribution in [0.2, 0.25) is 0 Å². The summed E-state index contributed by atoms with van der Waals surface area (Å²) in [5, 5.41) is 1.83. The number of fused-ring (bicyclic) bond motifs is 1. The molecule has 0 aromatic carbocycles. The third kappa shape index (κ3) is 3.58. The molecule has 0 N–H and O–H groups in total. The zero-order valence-electron chi connectivity index (χ0n) is 14.8. The van der Waals surface area contributed by atoms with Crippen molar-refractivity contribution in [1.82, 2.24) is 15.0 Å². The van der Waals surface area contributed by atoms with E-state index in [1.54, 1.807) is 37.0 Å².